The highest BCUT2D eigenvalue weighted by Gasteiger charge is 2.38. The van der Waals surface area contributed by atoms with Gasteiger partial charge in [-0.15, -0.1) is 0 Å². The molecule has 52 heavy (non-hydrogen) atoms. The van der Waals surface area contributed by atoms with E-state index in [4.69, 9.17) is 0 Å². The number of rotatable bonds is 6. The first kappa shape index (κ1) is 30.3. The summed E-state index contributed by atoms with van der Waals surface area (Å²) in [7, 11) is 0. The van der Waals surface area contributed by atoms with Gasteiger partial charge in [0.1, 0.15) is 0 Å². The molecule has 3 heterocycles. The normalized spacial score (nSPS) is 13.0. The molecule has 2 aromatic heterocycles. The van der Waals surface area contributed by atoms with Gasteiger partial charge in [-0.1, -0.05) is 169 Å². The number of fused-ring (bicyclic) bond motifs is 10. The summed E-state index contributed by atoms with van der Waals surface area (Å²) in [6, 6.07) is 59.7. The molecule has 10 rings (SSSR count). The van der Waals surface area contributed by atoms with Gasteiger partial charge in [-0.3, -0.25) is 0 Å². The molecule has 2 nitrogen and oxygen atoms in total. The average molecular weight is 663 g/mol. The molecule has 0 spiro atoms. The smallest absolute Gasteiger partial charge is 0.248 e. The van der Waals surface area contributed by atoms with Crippen molar-refractivity contribution < 1.29 is 0 Å². The largest absolute Gasteiger partial charge is 0.310 e. The zero-order valence-corrected chi connectivity index (χ0v) is 28.9. The van der Waals surface area contributed by atoms with Crippen molar-refractivity contribution in [3.8, 4) is 16.8 Å². The van der Waals surface area contributed by atoms with E-state index >= 15 is 0 Å². The predicted octanol–water partition coefficient (Wildman–Crippen LogP) is 10.5. The van der Waals surface area contributed by atoms with Gasteiger partial charge in [0, 0.05) is 44.0 Å². The minimum absolute atomic E-state index is 0.0218. The van der Waals surface area contributed by atoms with Crippen LogP contribution in [0.4, 0.5) is 0 Å². The Bertz CT molecular complexity index is 2900. The van der Waals surface area contributed by atoms with Gasteiger partial charge in [-0.25, -0.2) is 0 Å². The molecular weight excluding hydrogens is 627 g/mol. The summed E-state index contributed by atoms with van der Waals surface area (Å²) >= 11 is 0. The molecule has 0 atom stereocenters. The van der Waals surface area contributed by atoms with E-state index in [9.17, 15) is 0 Å². The summed E-state index contributed by atoms with van der Waals surface area (Å²) in [5.74, 6) is 0. The quantitative estimate of drug-likeness (QED) is 0.124. The standard InChI is InChI=1S/C49H35BN2/c1-2-35(21-10-9-20-34-18-5-3-6-19-34)51-45-30-15-13-26-39(45)42-33-32-40-37-24-11-14-28-43(37)50(47(40)49(42)51)44-29-17-27-41-38-25-12-16-31-46(38)52(48(41)44)36-22-7-4-8-23-36/h2-33H,1H3/b20-9+,21-10-,35-2+. The van der Waals surface area contributed by atoms with Crippen LogP contribution in [0.15, 0.2) is 188 Å². The predicted molar refractivity (Wildman–Crippen MR) is 225 cm³/mol. The Morgan fingerprint density at radius 3 is 1.94 bits per heavy atom. The third-order valence-electron chi connectivity index (χ3n) is 10.8. The first-order valence-corrected chi connectivity index (χ1v) is 18.1. The summed E-state index contributed by atoms with van der Waals surface area (Å²) in [6.07, 6.45) is 10.9. The van der Waals surface area contributed by atoms with Crippen molar-refractivity contribution in [2.45, 2.75) is 6.92 Å². The summed E-state index contributed by atoms with van der Waals surface area (Å²) in [5, 5.41) is 5.08. The fraction of sp³-hybridized carbons (Fsp3) is 0.0204. The Balaban J connectivity index is 1.28. The molecular formula is C49H35BN2. The zero-order valence-electron chi connectivity index (χ0n) is 28.9. The molecule has 0 amide bonds. The van der Waals surface area contributed by atoms with E-state index in [1.54, 1.807) is 0 Å². The molecule has 0 aliphatic carbocycles. The fourth-order valence-electron chi connectivity index (χ4n) is 8.66. The molecule has 3 heteroatoms. The molecule has 1 aliphatic heterocycles. The monoisotopic (exact) mass is 662 g/mol. The van der Waals surface area contributed by atoms with Crippen LogP contribution in [0, 0.1) is 0 Å². The van der Waals surface area contributed by atoms with E-state index in [1.165, 1.54) is 82.4 Å². The molecule has 0 saturated carbocycles. The summed E-state index contributed by atoms with van der Waals surface area (Å²) in [5.41, 5.74) is 15.1. The average Bonchev–Trinajstić information content (AvgIpc) is 3.85. The van der Waals surface area contributed by atoms with Crippen LogP contribution >= 0.6 is 0 Å². The first-order chi connectivity index (χ1) is 25.8. The number of benzene rings is 7. The van der Waals surface area contributed by atoms with Crippen LogP contribution in [0.5, 0.6) is 0 Å². The lowest BCUT2D eigenvalue weighted by Crippen LogP contribution is -2.50. The van der Waals surface area contributed by atoms with Crippen LogP contribution in [0.2, 0.25) is 0 Å². The number of nitrogens with zero attached hydrogens (tertiary/aromatic N) is 2. The van der Waals surface area contributed by atoms with Crippen molar-refractivity contribution >= 4 is 78.5 Å². The lowest BCUT2D eigenvalue weighted by atomic mass is 9.38. The van der Waals surface area contributed by atoms with Gasteiger partial charge in [0.05, 0.1) is 11.0 Å². The minimum Gasteiger partial charge on any atom is -0.310 e. The number of allylic oxidation sites excluding steroid dienone is 5. The van der Waals surface area contributed by atoms with Crippen molar-refractivity contribution in [1.29, 1.82) is 0 Å². The van der Waals surface area contributed by atoms with Gasteiger partial charge >= 0.3 is 0 Å². The van der Waals surface area contributed by atoms with Crippen molar-refractivity contribution in [1.82, 2.24) is 9.13 Å². The third kappa shape index (κ3) is 4.59. The molecule has 0 saturated heterocycles. The maximum atomic E-state index is 2.50. The molecule has 0 radical (unpaired) electrons. The third-order valence-corrected chi connectivity index (χ3v) is 10.8. The lowest BCUT2D eigenvalue weighted by Gasteiger charge is -2.18. The van der Waals surface area contributed by atoms with Crippen molar-refractivity contribution in [2.75, 3.05) is 0 Å². The Kier molecular flexibility index (Phi) is 7.18. The Morgan fingerprint density at radius 2 is 1.13 bits per heavy atom. The number of para-hydroxylation sites is 4. The molecule has 0 unspecified atom stereocenters. The van der Waals surface area contributed by atoms with Crippen LogP contribution < -0.4 is 16.4 Å². The van der Waals surface area contributed by atoms with Gasteiger partial charge in [0.15, 0.2) is 0 Å². The van der Waals surface area contributed by atoms with Crippen LogP contribution in [0.1, 0.15) is 12.5 Å². The van der Waals surface area contributed by atoms with Gasteiger partial charge in [0.25, 0.3) is 0 Å². The van der Waals surface area contributed by atoms with E-state index in [1.807, 2.05) is 0 Å². The van der Waals surface area contributed by atoms with Crippen LogP contribution in [-0.4, -0.2) is 15.8 Å². The summed E-state index contributed by atoms with van der Waals surface area (Å²) in [4.78, 5) is 0. The van der Waals surface area contributed by atoms with E-state index in [-0.39, 0.29) is 6.71 Å². The highest BCUT2D eigenvalue weighted by Crippen LogP contribution is 2.37. The SMILES string of the molecule is C\C=C(/C=C\C=C\c1ccccc1)n1c2ccccc2c2ccc3c(c21)B(c1cccc2c4ccccc4n(-c4ccccc4)c12)c1ccccc1-3. The second-order valence-corrected chi connectivity index (χ2v) is 13.6. The molecule has 0 bridgehead atoms. The highest BCUT2D eigenvalue weighted by molar-refractivity contribution is 7.01. The molecule has 0 fully saturated rings. The molecule has 0 N–H and O–H groups in total. The highest BCUT2D eigenvalue weighted by atomic mass is 15.0. The van der Waals surface area contributed by atoms with Crippen LogP contribution in [-0.2, 0) is 0 Å². The van der Waals surface area contributed by atoms with Gasteiger partial charge in [-0.2, -0.15) is 0 Å². The first-order valence-electron chi connectivity index (χ1n) is 18.1. The van der Waals surface area contributed by atoms with E-state index in [0.29, 0.717) is 0 Å². The number of hydrogen-bond acceptors (Lipinski definition) is 0. The van der Waals surface area contributed by atoms with Crippen LogP contribution in [0.3, 0.4) is 0 Å². The van der Waals surface area contributed by atoms with E-state index < -0.39 is 0 Å². The maximum Gasteiger partial charge on any atom is 0.248 e. The molecule has 7 aromatic carbocycles. The number of hydrogen-bond donors (Lipinski definition) is 0. The zero-order chi connectivity index (χ0) is 34.6. The Labute approximate surface area is 304 Å². The Morgan fingerprint density at radius 1 is 0.500 bits per heavy atom. The summed E-state index contributed by atoms with van der Waals surface area (Å²) in [6.45, 7) is 2.17. The lowest BCUT2D eigenvalue weighted by molar-refractivity contribution is 1.18. The second kappa shape index (κ2) is 12.3. The van der Waals surface area contributed by atoms with Gasteiger partial charge < -0.3 is 9.13 Å². The van der Waals surface area contributed by atoms with E-state index in [2.05, 4.69) is 210 Å². The second-order valence-electron chi connectivity index (χ2n) is 13.6. The van der Waals surface area contributed by atoms with E-state index in [0.717, 1.165) is 5.70 Å². The van der Waals surface area contributed by atoms with Crippen molar-refractivity contribution in [3.05, 3.63) is 194 Å². The topological polar surface area (TPSA) is 9.86 Å². The Hall–Kier alpha value is -6.58. The van der Waals surface area contributed by atoms with Crippen molar-refractivity contribution in [3.63, 3.8) is 0 Å². The van der Waals surface area contributed by atoms with Crippen LogP contribution in [0.25, 0.3) is 72.2 Å². The maximum absolute atomic E-state index is 2.50. The van der Waals surface area contributed by atoms with Crippen molar-refractivity contribution in [2.24, 2.45) is 0 Å². The minimum atomic E-state index is 0.0218. The molecule has 1 aliphatic rings. The van der Waals surface area contributed by atoms with Gasteiger partial charge in [-0.05, 0) is 64.9 Å². The number of aromatic nitrogens is 2. The fourth-order valence-corrected chi connectivity index (χ4v) is 8.66. The van der Waals surface area contributed by atoms with Gasteiger partial charge in [0.2, 0.25) is 6.71 Å². The summed E-state index contributed by atoms with van der Waals surface area (Å²) < 4.78 is 4.98. The molecule has 244 valence electrons. The molecule has 9 aromatic rings.